The maximum atomic E-state index is 13.0. The van der Waals surface area contributed by atoms with E-state index in [1.54, 1.807) is 19.1 Å². The third-order valence-corrected chi connectivity index (χ3v) is 7.07. The van der Waals surface area contributed by atoms with Crippen LogP contribution in [0.25, 0.3) is 6.08 Å². The van der Waals surface area contributed by atoms with Crippen molar-refractivity contribution < 1.29 is 14.3 Å². The van der Waals surface area contributed by atoms with Crippen LogP contribution < -0.4 is 19.5 Å². The Balaban J connectivity index is 1.50. The zero-order valence-corrected chi connectivity index (χ0v) is 21.6. The summed E-state index contributed by atoms with van der Waals surface area (Å²) in [4.78, 5) is 13.0. The second kappa shape index (κ2) is 13.7. The minimum Gasteiger partial charge on any atom is -0.493 e. The van der Waals surface area contributed by atoms with Gasteiger partial charge in [0.05, 0.1) is 7.11 Å². The molecule has 184 valence electrons. The predicted molar refractivity (Wildman–Crippen MR) is 143 cm³/mol. The number of carbonyl (C=O) groups excluding carboxylic acids is 1. The third kappa shape index (κ3) is 7.69. The lowest BCUT2D eigenvalue weighted by atomic mass is 9.82. The van der Waals surface area contributed by atoms with Crippen molar-refractivity contribution in [1.29, 1.82) is 0 Å². The van der Waals surface area contributed by atoms with Crippen LogP contribution in [-0.4, -0.2) is 37.5 Å². The number of amides is 1. The second-order valence-electron chi connectivity index (χ2n) is 8.43. The number of hydrogen-bond donors (Lipinski definition) is 2. The van der Waals surface area contributed by atoms with E-state index in [1.807, 2.05) is 54.6 Å². The number of carbonyl (C=O) groups is 1. The van der Waals surface area contributed by atoms with Crippen LogP contribution in [0.4, 0.5) is 0 Å². The summed E-state index contributed by atoms with van der Waals surface area (Å²) in [6, 6.07) is 13.6. The van der Waals surface area contributed by atoms with E-state index in [4.69, 9.17) is 21.1 Å². The van der Waals surface area contributed by atoms with Crippen LogP contribution in [0.1, 0.15) is 50.2 Å². The van der Waals surface area contributed by atoms with Gasteiger partial charge in [0.1, 0.15) is 12.1 Å². The molecule has 1 aliphatic rings. The van der Waals surface area contributed by atoms with Crippen molar-refractivity contribution in [2.24, 2.45) is 0 Å². The highest BCUT2D eigenvalue weighted by Gasteiger charge is 2.38. The van der Waals surface area contributed by atoms with Gasteiger partial charge in [-0.15, -0.1) is 0 Å². The van der Waals surface area contributed by atoms with Crippen LogP contribution >= 0.6 is 23.5 Å². The van der Waals surface area contributed by atoms with Gasteiger partial charge in [0, 0.05) is 17.3 Å². The summed E-state index contributed by atoms with van der Waals surface area (Å²) in [5.41, 5.74) is 1.72. The molecule has 0 unspecified atom stereocenters. The molecular weight excluding hydrogens is 468 g/mol. The van der Waals surface area contributed by atoms with Gasteiger partial charge in [-0.1, -0.05) is 74.0 Å². The van der Waals surface area contributed by atoms with E-state index in [1.165, 1.54) is 6.42 Å². The average Bonchev–Trinajstić information content (AvgIpc) is 2.87. The van der Waals surface area contributed by atoms with E-state index >= 15 is 0 Å². The molecule has 2 N–H and O–H groups in total. The Bertz CT molecular complexity index is 943. The molecule has 0 atom stereocenters. The van der Waals surface area contributed by atoms with Gasteiger partial charge in [0.25, 0.3) is 0 Å². The molecule has 0 aromatic heterocycles. The fraction of sp³-hybridized carbons (Fsp3) is 0.444. The van der Waals surface area contributed by atoms with Gasteiger partial charge in [-0.3, -0.25) is 4.79 Å². The van der Waals surface area contributed by atoms with Crippen LogP contribution in [0.2, 0.25) is 5.02 Å². The number of benzene rings is 2. The maximum Gasteiger partial charge on any atom is 0.241 e. The Hall–Kier alpha value is -2.15. The van der Waals surface area contributed by atoms with Gasteiger partial charge in [0.15, 0.2) is 11.5 Å². The van der Waals surface area contributed by atoms with Crippen molar-refractivity contribution >= 4 is 35.5 Å². The molecule has 7 heteroatoms. The molecule has 0 aliphatic heterocycles. The average molecular weight is 503 g/mol. The number of rotatable bonds is 12. The minimum atomic E-state index is -0.437. The van der Waals surface area contributed by atoms with E-state index in [0.29, 0.717) is 24.7 Å². The SMILES string of the molecule is CCSNC1(C(=O)NCCc2ccc(OC/C=C/c3ccc(Cl)cc3)c(OC)c2)CCCCC1. The van der Waals surface area contributed by atoms with Gasteiger partial charge in [-0.25, -0.2) is 4.72 Å². The van der Waals surface area contributed by atoms with Crippen molar-refractivity contribution in [1.82, 2.24) is 10.0 Å². The fourth-order valence-corrected chi connectivity index (χ4v) is 4.96. The molecule has 0 heterocycles. The normalized spacial score (nSPS) is 15.3. The van der Waals surface area contributed by atoms with Crippen molar-refractivity contribution in [2.45, 2.75) is 51.0 Å². The van der Waals surface area contributed by atoms with Gasteiger partial charge in [0.2, 0.25) is 5.91 Å². The van der Waals surface area contributed by atoms with E-state index in [2.05, 4.69) is 17.0 Å². The Labute approximate surface area is 212 Å². The highest BCUT2D eigenvalue weighted by atomic mass is 35.5. The molecular formula is C27H35ClN2O3S. The lowest BCUT2D eigenvalue weighted by molar-refractivity contribution is -0.128. The third-order valence-electron chi connectivity index (χ3n) is 6.00. The van der Waals surface area contributed by atoms with Crippen molar-refractivity contribution in [3.63, 3.8) is 0 Å². The molecule has 1 aliphatic carbocycles. The van der Waals surface area contributed by atoms with Gasteiger partial charge in [-0.05, 0) is 60.7 Å². The topological polar surface area (TPSA) is 59.6 Å². The quantitative estimate of drug-likeness (QED) is 0.345. The van der Waals surface area contributed by atoms with E-state index in [0.717, 1.165) is 54.0 Å². The van der Waals surface area contributed by atoms with Crippen molar-refractivity contribution in [2.75, 3.05) is 26.0 Å². The number of methoxy groups -OCH3 is 1. The van der Waals surface area contributed by atoms with E-state index in [9.17, 15) is 4.79 Å². The maximum absolute atomic E-state index is 13.0. The lowest BCUT2D eigenvalue weighted by Gasteiger charge is -2.36. The van der Waals surface area contributed by atoms with E-state index in [-0.39, 0.29) is 5.91 Å². The zero-order valence-electron chi connectivity index (χ0n) is 20.1. The Kier molecular flexibility index (Phi) is 10.6. The Morgan fingerprint density at radius 1 is 1.12 bits per heavy atom. The van der Waals surface area contributed by atoms with Gasteiger partial charge >= 0.3 is 0 Å². The smallest absolute Gasteiger partial charge is 0.241 e. The Morgan fingerprint density at radius 3 is 2.59 bits per heavy atom. The van der Waals surface area contributed by atoms with Crippen LogP contribution in [0.3, 0.4) is 0 Å². The molecule has 1 fully saturated rings. The summed E-state index contributed by atoms with van der Waals surface area (Å²) >= 11 is 7.55. The lowest BCUT2D eigenvalue weighted by Crippen LogP contribution is -2.56. The summed E-state index contributed by atoms with van der Waals surface area (Å²) in [5, 5.41) is 3.88. The minimum absolute atomic E-state index is 0.118. The van der Waals surface area contributed by atoms with Crippen LogP contribution in [0.15, 0.2) is 48.5 Å². The first-order valence-corrected chi connectivity index (χ1v) is 13.3. The largest absolute Gasteiger partial charge is 0.493 e. The predicted octanol–water partition coefficient (Wildman–Crippen LogP) is 6.06. The number of halogens is 1. The Morgan fingerprint density at radius 2 is 1.88 bits per heavy atom. The van der Waals surface area contributed by atoms with Crippen LogP contribution in [0, 0.1) is 0 Å². The van der Waals surface area contributed by atoms with Crippen LogP contribution in [0.5, 0.6) is 11.5 Å². The molecule has 1 saturated carbocycles. The first kappa shape index (κ1) is 26.5. The van der Waals surface area contributed by atoms with Crippen molar-refractivity contribution in [3.8, 4) is 11.5 Å². The van der Waals surface area contributed by atoms with Crippen molar-refractivity contribution in [3.05, 3.63) is 64.7 Å². The summed E-state index contributed by atoms with van der Waals surface area (Å²) in [5.74, 6) is 2.44. The molecule has 5 nitrogen and oxygen atoms in total. The monoisotopic (exact) mass is 502 g/mol. The molecule has 0 saturated heterocycles. The number of nitrogens with one attached hydrogen (secondary N) is 2. The highest BCUT2D eigenvalue weighted by Crippen LogP contribution is 2.31. The van der Waals surface area contributed by atoms with Gasteiger partial charge in [-0.2, -0.15) is 0 Å². The second-order valence-corrected chi connectivity index (χ2v) is 9.94. The first-order chi connectivity index (χ1) is 16.6. The molecule has 0 spiro atoms. The van der Waals surface area contributed by atoms with Gasteiger partial charge < -0.3 is 14.8 Å². The highest BCUT2D eigenvalue weighted by molar-refractivity contribution is 7.97. The number of ether oxygens (including phenoxy) is 2. The summed E-state index contributed by atoms with van der Waals surface area (Å²) in [6.45, 7) is 3.12. The molecule has 34 heavy (non-hydrogen) atoms. The summed E-state index contributed by atoms with van der Waals surface area (Å²) in [7, 11) is 1.64. The first-order valence-electron chi connectivity index (χ1n) is 12.0. The fourth-order valence-electron chi connectivity index (χ4n) is 4.11. The molecule has 2 aromatic rings. The summed E-state index contributed by atoms with van der Waals surface area (Å²) < 4.78 is 14.9. The molecule has 2 aromatic carbocycles. The number of hydrogen-bond acceptors (Lipinski definition) is 5. The standard InChI is InChI=1S/C27H35ClN2O3S/c1-3-34-30-27(16-5-4-6-17-27)26(31)29-18-15-22-11-14-24(25(20-22)32-2)33-19-7-8-21-9-12-23(28)13-10-21/h7-14,20,30H,3-6,15-19H2,1-2H3,(H,29,31)/b8-7+. The molecule has 3 rings (SSSR count). The van der Waals surface area contributed by atoms with Crippen LogP contribution in [-0.2, 0) is 11.2 Å². The summed E-state index contributed by atoms with van der Waals surface area (Å²) in [6.07, 6.45) is 9.88. The molecule has 1 amide bonds. The zero-order chi connectivity index (χ0) is 24.2. The molecule has 0 bridgehead atoms. The van der Waals surface area contributed by atoms with E-state index < -0.39 is 5.54 Å². The molecule has 0 radical (unpaired) electrons.